The number of Topliss-reactive ketones (excluding diaryl/α,β-unsaturated/α-hetero) is 1. The van der Waals surface area contributed by atoms with Crippen LogP contribution in [0.1, 0.15) is 29.9 Å². The normalized spacial score (nSPS) is 11.4. The number of hydrogen-bond donors (Lipinski definition) is 0. The van der Waals surface area contributed by atoms with Crippen LogP contribution in [0.3, 0.4) is 0 Å². The third-order valence-electron chi connectivity index (χ3n) is 2.68. The average Bonchev–Trinajstić information content (AvgIpc) is 2.38. The number of nitrogens with zero attached hydrogens (tertiary/aromatic N) is 1. The van der Waals surface area contributed by atoms with Crippen LogP contribution in [-0.2, 0) is 10.7 Å². The summed E-state index contributed by atoms with van der Waals surface area (Å²) in [5.41, 5.74) is 1.75. The minimum atomic E-state index is 0.0893. The van der Waals surface area contributed by atoms with Crippen LogP contribution in [-0.4, -0.2) is 17.4 Å². The summed E-state index contributed by atoms with van der Waals surface area (Å²) in [4.78, 5) is 15.7. The molecule has 3 nitrogen and oxygen atoms in total. The zero-order valence-corrected chi connectivity index (χ0v) is 11.6. The lowest BCUT2D eigenvalue weighted by molar-refractivity contribution is 0.101. The minimum absolute atomic E-state index is 0.0893. The van der Waals surface area contributed by atoms with Crippen molar-refractivity contribution < 1.29 is 9.32 Å². The number of aromatic nitrogens is 1. The van der Waals surface area contributed by atoms with Crippen LogP contribution >= 0.6 is 8.81 Å². The Morgan fingerprint density at radius 3 is 2.89 bits per heavy atom. The monoisotopic (exact) mass is 261 g/mol. The molecule has 1 atom stereocenters. The Kier molecular flexibility index (Phi) is 4.40. The molecule has 2 rings (SSSR count). The smallest absolute Gasteiger partial charge is 0.159 e. The predicted molar refractivity (Wildman–Crippen MR) is 75.4 cm³/mol. The molecule has 0 saturated heterocycles. The van der Waals surface area contributed by atoms with Crippen LogP contribution in [0.25, 0.3) is 10.8 Å². The molecule has 0 N–H and O–H groups in total. The summed E-state index contributed by atoms with van der Waals surface area (Å²) >= 11 is 0. The van der Waals surface area contributed by atoms with Crippen molar-refractivity contribution in [3.05, 3.63) is 41.7 Å². The molecule has 1 aromatic carbocycles. The van der Waals surface area contributed by atoms with E-state index in [2.05, 4.69) is 4.98 Å². The number of carbonyl (C=O) groups excluding carboxylic acids is 1. The lowest BCUT2D eigenvalue weighted by Crippen LogP contribution is -1.92. The molecule has 0 bridgehead atoms. The van der Waals surface area contributed by atoms with Gasteiger partial charge in [-0.05, 0) is 31.4 Å². The SMILES string of the molecule is CCOPCc1cc2cc(C(C)=O)ccc2cn1. The maximum atomic E-state index is 11.4. The summed E-state index contributed by atoms with van der Waals surface area (Å²) < 4.78 is 5.35. The van der Waals surface area contributed by atoms with Gasteiger partial charge in [0.15, 0.2) is 5.78 Å². The van der Waals surface area contributed by atoms with E-state index in [9.17, 15) is 4.79 Å². The van der Waals surface area contributed by atoms with E-state index in [-0.39, 0.29) is 5.78 Å². The molecule has 0 aliphatic rings. The maximum Gasteiger partial charge on any atom is 0.159 e. The van der Waals surface area contributed by atoms with Gasteiger partial charge in [-0.15, -0.1) is 0 Å². The summed E-state index contributed by atoms with van der Waals surface area (Å²) in [7, 11) is 0.444. The van der Waals surface area contributed by atoms with E-state index in [0.29, 0.717) is 8.81 Å². The van der Waals surface area contributed by atoms with Crippen LogP contribution in [0, 0.1) is 0 Å². The first-order valence-electron chi connectivity index (χ1n) is 5.95. The first-order chi connectivity index (χ1) is 8.70. The number of rotatable bonds is 5. The summed E-state index contributed by atoms with van der Waals surface area (Å²) in [6, 6.07) is 7.74. The zero-order chi connectivity index (χ0) is 13.0. The lowest BCUT2D eigenvalue weighted by Gasteiger charge is -2.04. The van der Waals surface area contributed by atoms with Gasteiger partial charge in [-0.25, -0.2) is 0 Å². The van der Waals surface area contributed by atoms with Gasteiger partial charge in [0, 0.05) is 44.4 Å². The number of fused-ring (bicyclic) bond motifs is 1. The molecule has 0 amide bonds. The van der Waals surface area contributed by atoms with Gasteiger partial charge in [0.1, 0.15) is 0 Å². The standard InChI is InChI=1S/C14H16NO2P/c1-3-17-18-9-14-7-13-6-11(10(2)16)4-5-12(13)8-15-14/h4-8,18H,3,9H2,1-2H3. The van der Waals surface area contributed by atoms with Gasteiger partial charge in [-0.3, -0.25) is 9.78 Å². The summed E-state index contributed by atoms with van der Waals surface area (Å²) in [5.74, 6) is 0.0893. The van der Waals surface area contributed by atoms with Gasteiger partial charge in [-0.2, -0.15) is 0 Å². The number of ketones is 1. The van der Waals surface area contributed by atoms with Crippen molar-refractivity contribution in [3.8, 4) is 0 Å². The Morgan fingerprint density at radius 2 is 2.17 bits per heavy atom. The average molecular weight is 261 g/mol. The summed E-state index contributed by atoms with van der Waals surface area (Å²) in [6.45, 7) is 4.31. The third-order valence-corrected chi connectivity index (χ3v) is 3.68. The quantitative estimate of drug-likeness (QED) is 0.469. The Bertz CT molecular complexity index is 569. The molecular formula is C14H16NO2P. The van der Waals surface area contributed by atoms with Crippen molar-refractivity contribution in [1.82, 2.24) is 4.98 Å². The van der Waals surface area contributed by atoms with Gasteiger partial charge in [0.05, 0.1) is 0 Å². The van der Waals surface area contributed by atoms with Crippen LogP contribution in [0.15, 0.2) is 30.5 Å². The lowest BCUT2D eigenvalue weighted by atomic mass is 10.1. The highest BCUT2D eigenvalue weighted by Gasteiger charge is 2.03. The second-order valence-corrected chi connectivity index (χ2v) is 4.98. The molecule has 18 heavy (non-hydrogen) atoms. The predicted octanol–water partition coefficient (Wildman–Crippen LogP) is 3.57. The maximum absolute atomic E-state index is 11.4. The molecule has 0 spiro atoms. The van der Waals surface area contributed by atoms with E-state index < -0.39 is 0 Å². The third kappa shape index (κ3) is 3.12. The Balaban J connectivity index is 2.27. The molecule has 0 saturated carbocycles. The van der Waals surface area contributed by atoms with Crippen molar-refractivity contribution in [3.63, 3.8) is 0 Å². The van der Waals surface area contributed by atoms with E-state index in [4.69, 9.17) is 4.52 Å². The highest BCUT2D eigenvalue weighted by Crippen LogP contribution is 2.22. The zero-order valence-electron chi connectivity index (χ0n) is 10.6. The fraction of sp³-hybridized carbons (Fsp3) is 0.286. The summed E-state index contributed by atoms with van der Waals surface area (Å²) in [6.07, 6.45) is 2.68. The largest absolute Gasteiger partial charge is 0.362 e. The fourth-order valence-corrected chi connectivity index (χ4v) is 2.38. The molecular weight excluding hydrogens is 245 g/mol. The number of carbonyl (C=O) groups is 1. The number of benzene rings is 1. The van der Waals surface area contributed by atoms with Crippen LogP contribution in [0.2, 0.25) is 0 Å². The molecule has 0 radical (unpaired) electrons. The Labute approximate surface area is 108 Å². The Hall–Kier alpha value is -1.31. The highest BCUT2D eigenvalue weighted by atomic mass is 31.1. The van der Waals surface area contributed by atoms with Crippen LogP contribution < -0.4 is 0 Å². The van der Waals surface area contributed by atoms with E-state index >= 15 is 0 Å². The van der Waals surface area contributed by atoms with Crippen LogP contribution in [0.5, 0.6) is 0 Å². The highest BCUT2D eigenvalue weighted by molar-refractivity contribution is 7.31. The van der Waals surface area contributed by atoms with E-state index in [1.165, 1.54) is 0 Å². The number of pyridine rings is 1. The molecule has 0 aliphatic carbocycles. The molecule has 0 aliphatic heterocycles. The van der Waals surface area contributed by atoms with Crippen molar-refractivity contribution >= 4 is 25.4 Å². The molecule has 4 heteroatoms. The second-order valence-electron chi connectivity index (χ2n) is 4.05. The van der Waals surface area contributed by atoms with Gasteiger partial charge in [0.2, 0.25) is 0 Å². The molecule has 1 aromatic heterocycles. The van der Waals surface area contributed by atoms with Crippen molar-refractivity contribution in [2.75, 3.05) is 6.61 Å². The van der Waals surface area contributed by atoms with Gasteiger partial charge < -0.3 is 4.52 Å². The molecule has 1 heterocycles. The van der Waals surface area contributed by atoms with Crippen molar-refractivity contribution in [2.45, 2.75) is 20.0 Å². The number of hydrogen-bond acceptors (Lipinski definition) is 3. The molecule has 2 aromatic rings. The summed E-state index contributed by atoms with van der Waals surface area (Å²) in [5, 5.41) is 2.12. The molecule has 1 unspecified atom stereocenters. The van der Waals surface area contributed by atoms with Gasteiger partial charge in [0.25, 0.3) is 0 Å². The van der Waals surface area contributed by atoms with Gasteiger partial charge in [-0.1, -0.05) is 12.1 Å². The molecule has 94 valence electrons. The fourth-order valence-electron chi connectivity index (χ4n) is 1.73. The van der Waals surface area contributed by atoms with E-state index in [1.54, 1.807) is 6.92 Å². The Morgan fingerprint density at radius 1 is 1.33 bits per heavy atom. The van der Waals surface area contributed by atoms with Crippen molar-refractivity contribution in [1.29, 1.82) is 0 Å². The van der Waals surface area contributed by atoms with E-state index in [1.807, 2.05) is 37.4 Å². The topological polar surface area (TPSA) is 39.2 Å². The van der Waals surface area contributed by atoms with Gasteiger partial charge >= 0.3 is 0 Å². The minimum Gasteiger partial charge on any atom is -0.362 e. The first-order valence-corrected chi connectivity index (χ1v) is 7.06. The van der Waals surface area contributed by atoms with E-state index in [0.717, 1.165) is 34.8 Å². The van der Waals surface area contributed by atoms with Crippen LogP contribution in [0.4, 0.5) is 0 Å². The first kappa shape index (κ1) is 13.1. The van der Waals surface area contributed by atoms with Crippen molar-refractivity contribution in [2.24, 2.45) is 0 Å². The second kappa shape index (κ2) is 6.03. The molecule has 0 fully saturated rings.